The molecule has 0 spiro atoms. The van der Waals surface area contributed by atoms with Gasteiger partial charge in [-0.15, -0.1) is 10.2 Å². The summed E-state index contributed by atoms with van der Waals surface area (Å²) in [6.45, 7) is 3.80. The van der Waals surface area contributed by atoms with Gasteiger partial charge in [-0.05, 0) is 23.3 Å². The molecule has 0 saturated heterocycles. The molecule has 24 heavy (non-hydrogen) atoms. The van der Waals surface area contributed by atoms with Gasteiger partial charge < -0.3 is 5.32 Å². The number of aromatic nitrogens is 4. The summed E-state index contributed by atoms with van der Waals surface area (Å²) < 4.78 is 23.6. The predicted octanol–water partition coefficient (Wildman–Crippen LogP) is 0.678. The number of carbonyl (C=O) groups excluding carboxylic acids is 1. The molecule has 0 saturated carbocycles. The molecule has 1 aromatic carbocycles. The smallest absolute Gasteiger partial charge is 0.251 e. The first-order valence-corrected chi connectivity index (χ1v) is 9.42. The molecule has 0 bridgehead atoms. The summed E-state index contributed by atoms with van der Waals surface area (Å²) in [5, 5.41) is 14.4. The van der Waals surface area contributed by atoms with E-state index in [4.69, 9.17) is 0 Å². The summed E-state index contributed by atoms with van der Waals surface area (Å²) in [5.41, 5.74) is 1.20. The Morgan fingerprint density at radius 1 is 1.25 bits per heavy atom. The molecule has 0 aliphatic carbocycles. The quantitative estimate of drug-likeness (QED) is 0.786. The van der Waals surface area contributed by atoms with Crippen LogP contribution in [0.1, 0.15) is 24.2 Å². The van der Waals surface area contributed by atoms with Crippen LogP contribution in [0.2, 0.25) is 0 Å². The van der Waals surface area contributed by atoms with Gasteiger partial charge in [-0.1, -0.05) is 26.0 Å². The number of hydrogen-bond acceptors (Lipinski definition) is 6. The lowest BCUT2D eigenvalue weighted by Gasteiger charge is -2.08. The molecule has 2 rings (SSSR count). The highest BCUT2D eigenvalue weighted by molar-refractivity contribution is 7.91. The van der Waals surface area contributed by atoms with Crippen LogP contribution in [0.25, 0.3) is 11.4 Å². The van der Waals surface area contributed by atoms with Gasteiger partial charge in [-0.3, -0.25) is 4.79 Å². The maximum atomic E-state index is 12.1. The third-order valence-corrected chi connectivity index (χ3v) is 5.20. The van der Waals surface area contributed by atoms with Crippen molar-refractivity contribution in [1.82, 2.24) is 25.5 Å². The molecule has 1 N–H and O–H groups in total. The molecule has 0 aliphatic rings. The van der Waals surface area contributed by atoms with E-state index in [0.717, 1.165) is 5.56 Å². The number of tetrazole rings is 1. The van der Waals surface area contributed by atoms with Gasteiger partial charge in [0, 0.05) is 17.7 Å². The average Bonchev–Trinajstić information content (AvgIpc) is 2.92. The van der Waals surface area contributed by atoms with Crippen LogP contribution in [0.3, 0.4) is 0 Å². The minimum Gasteiger partial charge on any atom is -0.351 e. The SMILES string of the molecule is CC(C)CS(=O)(=O)CCNC(=O)c1ccc(-c2nnn(C)n2)cc1. The van der Waals surface area contributed by atoms with Crippen molar-refractivity contribution in [2.45, 2.75) is 13.8 Å². The van der Waals surface area contributed by atoms with E-state index >= 15 is 0 Å². The molecule has 2 aromatic rings. The maximum absolute atomic E-state index is 12.1. The molecule has 1 heterocycles. The first-order chi connectivity index (χ1) is 11.3. The van der Waals surface area contributed by atoms with Gasteiger partial charge in [0.2, 0.25) is 5.82 Å². The molecule has 8 nitrogen and oxygen atoms in total. The third kappa shape index (κ3) is 5.12. The van der Waals surface area contributed by atoms with Gasteiger partial charge in [0.1, 0.15) is 0 Å². The summed E-state index contributed by atoms with van der Waals surface area (Å²) in [6.07, 6.45) is 0. The lowest BCUT2D eigenvalue weighted by Crippen LogP contribution is -2.30. The van der Waals surface area contributed by atoms with Crippen molar-refractivity contribution in [3.8, 4) is 11.4 Å². The average molecular weight is 351 g/mol. The maximum Gasteiger partial charge on any atom is 0.251 e. The topological polar surface area (TPSA) is 107 Å². The highest BCUT2D eigenvalue weighted by Crippen LogP contribution is 2.14. The van der Waals surface area contributed by atoms with Crippen LogP contribution in [0.5, 0.6) is 0 Å². The van der Waals surface area contributed by atoms with Crippen LogP contribution in [0, 0.1) is 5.92 Å². The highest BCUT2D eigenvalue weighted by Gasteiger charge is 2.14. The molecule has 0 radical (unpaired) electrons. The number of aryl methyl sites for hydroxylation is 1. The number of benzene rings is 1. The first kappa shape index (κ1) is 18.1. The van der Waals surface area contributed by atoms with E-state index in [-0.39, 0.29) is 29.9 Å². The molecular formula is C15H21N5O3S. The Bertz CT molecular complexity index is 797. The van der Waals surface area contributed by atoms with Crippen molar-refractivity contribution < 1.29 is 13.2 Å². The van der Waals surface area contributed by atoms with E-state index in [2.05, 4.69) is 20.7 Å². The summed E-state index contributed by atoms with van der Waals surface area (Å²) in [5.74, 6) is 0.312. The summed E-state index contributed by atoms with van der Waals surface area (Å²) in [7, 11) is -1.47. The summed E-state index contributed by atoms with van der Waals surface area (Å²) >= 11 is 0. The highest BCUT2D eigenvalue weighted by atomic mass is 32.2. The largest absolute Gasteiger partial charge is 0.351 e. The fourth-order valence-corrected chi connectivity index (χ4v) is 3.78. The van der Waals surface area contributed by atoms with Crippen molar-refractivity contribution in [3.63, 3.8) is 0 Å². The standard InChI is InChI=1S/C15H21N5O3S/c1-11(2)10-24(22,23)9-8-16-15(21)13-6-4-12(5-7-13)14-17-19-20(3)18-14/h4-7,11H,8-10H2,1-3H3,(H,16,21). The minimum atomic E-state index is -3.14. The second-order valence-corrected chi connectivity index (χ2v) is 8.17. The Labute approximate surface area is 141 Å². The molecule has 0 fully saturated rings. The Kier molecular flexibility index (Phi) is 5.66. The van der Waals surface area contributed by atoms with Crippen molar-refractivity contribution in [2.24, 2.45) is 13.0 Å². The Hall–Kier alpha value is -2.29. The fraction of sp³-hybridized carbons (Fsp3) is 0.467. The van der Waals surface area contributed by atoms with Crippen molar-refractivity contribution in [3.05, 3.63) is 29.8 Å². The van der Waals surface area contributed by atoms with Crippen molar-refractivity contribution in [1.29, 1.82) is 0 Å². The van der Waals surface area contributed by atoms with Gasteiger partial charge in [0.05, 0.1) is 18.6 Å². The minimum absolute atomic E-state index is 0.0570. The van der Waals surface area contributed by atoms with Crippen molar-refractivity contribution >= 4 is 15.7 Å². The molecule has 0 atom stereocenters. The number of nitrogens with one attached hydrogen (secondary N) is 1. The van der Waals surface area contributed by atoms with Crippen LogP contribution in [-0.4, -0.2) is 52.6 Å². The number of nitrogens with zero attached hydrogens (tertiary/aromatic N) is 4. The second-order valence-electron chi connectivity index (χ2n) is 5.94. The zero-order valence-electron chi connectivity index (χ0n) is 13.9. The van der Waals surface area contributed by atoms with Crippen LogP contribution < -0.4 is 5.32 Å². The van der Waals surface area contributed by atoms with Gasteiger partial charge in [0.25, 0.3) is 5.91 Å². The monoisotopic (exact) mass is 351 g/mol. The molecule has 1 amide bonds. The Balaban J connectivity index is 1.91. The van der Waals surface area contributed by atoms with Gasteiger partial charge in [-0.25, -0.2) is 8.42 Å². The molecule has 0 unspecified atom stereocenters. The van der Waals surface area contributed by atoms with Gasteiger partial charge >= 0.3 is 0 Å². The van der Waals surface area contributed by atoms with Crippen LogP contribution in [-0.2, 0) is 16.9 Å². The van der Waals surface area contributed by atoms with E-state index < -0.39 is 9.84 Å². The lowest BCUT2D eigenvalue weighted by atomic mass is 10.1. The molecule has 0 aliphatic heterocycles. The zero-order chi connectivity index (χ0) is 17.7. The third-order valence-electron chi connectivity index (χ3n) is 3.20. The van der Waals surface area contributed by atoms with E-state index in [1.807, 2.05) is 13.8 Å². The lowest BCUT2D eigenvalue weighted by molar-refractivity contribution is 0.0956. The van der Waals surface area contributed by atoms with Crippen LogP contribution >= 0.6 is 0 Å². The Morgan fingerprint density at radius 2 is 1.92 bits per heavy atom. The van der Waals surface area contributed by atoms with Gasteiger partial charge in [0.15, 0.2) is 9.84 Å². The van der Waals surface area contributed by atoms with Gasteiger partial charge in [-0.2, -0.15) is 4.80 Å². The van der Waals surface area contributed by atoms with E-state index in [1.165, 1.54) is 4.80 Å². The molecular weight excluding hydrogens is 330 g/mol. The summed E-state index contributed by atoms with van der Waals surface area (Å²) in [4.78, 5) is 13.4. The number of amides is 1. The van der Waals surface area contributed by atoms with Crippen LogP contribution in [0.15, 0.2) is 24.3 Å². The zero-order valence-corrected chi connectivity index (χ0v) is 14.7. The van der Waals surface area contributed by atoms with E-state index in [0.29, 0.717) is 11.4 Å². The normalized spacial score (nSPS) is 11.7. The molecule has 1 aromatic heterocycles. The predicted molar refractivity (Wildman–Crippen MR) is 90.1 cm³/mol. The number of hydrogen-bond donors (Lipinski definition) is 1. The molecule has 130 valence electrons. The molecule has 9 heteroatoms. The van der Waals surface area contributed by atoms with Crippen molar-refractivity contribution in [2.75, 3.05) is 18.1 Å². The van der Waals surface area contributed by atoms with E-state index in [1.54, 1.807) is 31.3 Å². The number of rotatable bonds is 7. The number of sulfone groups is 1. The Morgan fingerprint density at radius 3 is 2.46 bits per heavy atom. The van der Waals surface area contributed by atoms with E-state index in [9.17, 15) is 13.2 Å². The second kappa shape index (κ2) is 7.52. The fourth-order valence-electron chi connectivity index (χ4n) is 2.18. The number of carbonyl (C=O) groups is 1. The van der Waals surface area contributed by atoms with Crippen LogP contribution in [0.4, 0.5) is 0 Å². The summed E-state index contributed by atoms with van der Waals surface area (Å²) in [6, 6.07) is 6.73. The first-order valence-electron chi connectivity index (χ1n) is 7.60.